The summed E-state index contributed by atoms with van der Waals surface area (Å²) in [6, 6.07) is 14.3. The van der Waals surface area contributed by atoms with Crippen LogP contribution in [0, 0.1) is 0 Å². The number of amides is 1. The predicted octanol–water partition coefficient (Wildman–Crippen LogP) is 3.28. The molecule has 0 bridgehead atoms. The van der Waals surface area contributed by atoms with E-state index in [2.05, 4.69) is 10.6 Å². The second-order valence-corrected chi connectivity index (χ2v) is 7.69. The molecule has 0 saturated carbocycles. The lowest BCUT2D eigenvalue weighted by molar-refractivity contribution is -0.121. The van der Waals surface area contributed by atoms with Crippen LogP contribution in [0.1, 0.15) is 29.5 Å². The highest BCUT2D eigenvalue weighted by molar-refractivity contribution is 5.79. The van der Waals surface area contributed by atoms with Crippen molar-refractivity contribution >= 4 is 11.6 Å². The first-order valence-electron chi connectivity index (χ1n) is 9.48. The van der Waals surface area contributed by atoms with Crippen LogP contribution in [0.5, 0.6) is 0 Å². The Morgan fingerprint density at radius 3 is 2.32 bits per heavy atom. The number of carbonyl (C=O) groups excluding carboxylic acids is 1. The lowest BCUT2D eigenvalue weighted by Crippen LogP contribution is -2.40. The van der Waals surface area contributed by atoms with Crippen LogP contribution < -0.4 is 15.5 Å². The lowest BCUT2D eigenvalue weighted by atomic mass is 9.92. The van der Waals surface area contributed by atoms with Crippen LogP contribution in [0.2, 0.25) is 0 Å². The van der Waals surface area contributed by atoms with Gasteiger partial charge in [0, 0.05) is 57.3 Å². The molecular formula is C22H27F2N3O. The molecule has 2 aromatic carbocycles. The highest BCUT2D eigenvalue weighted by atomic mass is 19.3. The molecule has 6 heteroatoms. The first-order valence-corrected chi connectivity index (χ1v) is 9.48. The van der Waals surface area contributed by atoms with E-state index in [9.17, 15) is 13.6 Å². The van der Waals surface area contributed by atoms with Crippen LogP contribution in [0.15, 0.2) is 48.5 Å². The summed E-state index contributed by atoms with van der Waals surface area (Å²) in [7, 11) is 3.95. The summed E-state index contributed by atoms with van der Waals surface area (Å²) in [4.78, 5) is 14.5. The van der Waals surface area contributed by atoms with E-state index in [0.717, 1.165) is 23.7 Å². The Labute approximate surface area is 164 Å². The average Bonchev–Trinajstić information content (AvgIpc) is 3.09. The van der Waals surface area contributed by atoms with E-state index >= 15 is 0 Å². The Hall–Kier alpha value is -2.47. The zero-order valence-corrected chi connectivity index (χ0v) is 16.5. The van der Waals surface area contributed by atoms with Crippen molar-refractivity contribution in [1.29, 1.82) is 0 Å². The van der Waals surface area contributed by atoms with Gasteiger partial charge in [0.1, 0.15) is 0 Å². The van der Waals surface area contributed by atoms with E-state index in [1.165, 1.54) is 12.1 Å². The number of nitrogens with one attached hydrogen (secondary N) is 2. The highest BCUT2D eigenvalue weighted by Crippen LogP contribution is 2.29. The number of anilines is 1. The van der Waals surface area contributed by atoms with E-state index in [1.807, 2.05) is 43.3 Å². The summed E-state index contributed by atoms with van der Waals surface area (Å²) in [5.74, 6) is -2.81. The van der Waals surface area contributed by atoms with Gasteiger partial charge in [0.05, 0.1) is 6.42 Å². The third-order valence-electron chi connectivity index (χ3n) is 5.22. The molecular weight excluding hydrogens is 360 g/mol. The van der Waals surface area contributed by atoms with E-state index in [4.69, 9.17) is 0 Å². The molecule has 0 spiro atoms. The Morgan fingerprint density at radius 2 is 1.75 bits per heavy atom. The van der Waals surface area contributed by atoms with Crippen LogP contribution in [0.25, 0.3) is 0 Å². The topological polar surface area (TPSA) is 44.4 Å². The van der Waals surface area contributed by atoms with Gasteiger partial charge in [-0.05, 0) is 23.3 Å². The molecule has 1 aliphatic rings. The predicted molar refractivity (Wildman–Crippen MR) is 108 cm³/mol. The first-order chi connectivity index (χ1) is 13.2. The fourth-order valence-electron chi connectivity index (χ4n) is 3.56. The van der Waals surface area contributed by atoms with Crippen molar-refractivity contribution in [2.75, 3.05) is 32.1 Å². The van der Waals surface area contributed by atoms with Crippen LogP contribution in [-0.2, 0) is 17.1 Å². The van der Waals surface area contributed by atoms with E-state index in [1.54, 1.807) is 12.1 Å². The summed E-state index contributed by atoms with van der Waals surface area (Å²) in [6.45, 7) is 2.28. The number of hydrogen-bond donors (Lipinski definition) is 2. The standard InChI is InChI=1S/C22H27F2N3O/c1-22(23,24)17-8-6-16(7-9-17)19-13-25-14-20(19)26-21(28)12-15-4-10-18(11-5-15)27(2)3/h4-11,19-20,25H,12-14H2,1-3H3,(H,26,28)/t19-,20+/m1/s1. The molecule has 1 amide bonds. The number of carbonyl (C=O) groups is 1. The van der Waals surface area contributed by atoms with Gasteiger partial charge in [0.15, 0.2) is 0 Å². The Balaban J connectivity index is 1.62. The van der Waals surface area contributed by atoms with Crippen molar-refractivity contribution in [2.45, 2.75) is 31.2 Å². The van der Waals surface area contributed by atoms with Crippen molar-refractivity contribution in [1.82, 2.24) is 10.6 Å². The van der Waals surface area contributed by atoms with Crippen LogP contribution in [0.4, 0.5) is 14.5 Å². The quantitative estimate of drug-likeness (QED) is 0.800. The monoisotopic (exact) mass is 387 g/mol. The summed E-state index contributed by atoms with van der Waals surface area (Å²) in [5.41, 5.74) is 3.01. The molecule has 1 saturated heterocycles. The molecule has 0 unspecified atom stereocenters. The van der Waals surface area contributed by atoms with Crippen molar-refractivity contribution in [3.63, 3.8) is 0 Å². The van der Waals surface area contributed by atoms with Crippen molar-refractivity contribution in [2.24, 2.45) is 0 Å². The maximum Gasteiger partial charge on any atom is 0.270 e. The second-order valence-electron chi connectivity index (χ2n) is 7.69. The summed E-state index contributed by atoms with van der Waals surface area (Å²) in [5, 5.41) is 6.38. The van der Waals surface area contributed by atoms with Gasteiger partial charge in [-0.15, -0.1) is 0 Å². The maximum atomic E-state index is 13.4. The van der Waals surface area contributed by atoms with Crippen molar-refractivity contribution < 1.29 is 13.6 Å². The number of hydrogen-bond acceptors (Lipinski definition) is 3. The minimum atomic E-state index is -2.85. The molecule has 4 nitrogen and oxygen atoms in total. The van der Waals surface area contributed by atoms with Gasteiger partial charge in [0.25, 0.3) is 5.92 Å². The molecule has 0 radical (unpaired) electrons. The number of halogens is 2. The van der Waals surface area contributed by atoms with E-state index in [-0.39, 0.29) is 23.4 Å². The fraction of sp³-hybridized carbons (Fsp3) is 0.409. The molecule has 1 fully saturated rings. The smallest absolute Gasteiger partial charge is 0.270 e. The zero-order valence-electron chi connectivity index (χ0n) is 16.5. The van der Waals surface area contributed by atoms with Crippen molar-refractivity contribution in [3.8, 4) is 0 Å². The first kappa shape index (κ1) is 20.3. The molecule has 2 atom stereocenters. The number of alkyl halides is 2. The molecule has 150 valence electrons. The Kier molecular flexibility index (Phi) is 5.98. The highest BCUT2D eigenvalue weighted by Gasteiger charge is 2.30. The summed E-state index contributed by atoms with van der Waals surface area (Å²) < 4.78 is 26.8. The van der Waals surface area contributed by atoms with Gasteiger partial charge < -0.3 is 15.5 Å². The van der Waals surface area contributed by atoms with Gasteiger partial charge in [-0.2, -0.15) is 0 Å². The van der Waals surface area contributed by atoms with Crippen LogP contribution in [-0.4, -0.2) is 39.1 Å². The largest absolute Gasteiger partial charge is 0.378 e. The maximum absolute atomic E-state index is 13.4. The van der Waals surface area contributed by atoms with Crippen molar-refractivity contribution in [3.05, 3.63) is 65.2 Å². The lowest BCUT2D eigenvalue weighted by Gasteiger charge is -2.21. The molecule has 3 rings (SSSR count). The summed E-state index contributed by atoms with van der Waals surface area (Å²) in [6.07, 6.45) is 0.317. The van der Waals surface area contributed by atoms with Gasteiger partial charge in [0.2, 0.25) is 5.91 Å². The molecule has 2 aromatic rings. The molecule has 0 aliphatic carbocycles. The van der Waals surface area contributed by atoms with Gasteiger partial charge in [-0.3, -0.25) is 4.79 Å². The van der Waals surface area contributed by atoms with Gasteiger partial charge >= 0.3 is 0 Å². The number of rotatable bonds is 6. The zero-order chi connectivity index (χ0) is 20.3. The average molecular weight is 387 g/mol. The van der Waals surface area contributed by atoms with Gasteiger partial charge in [-0.25, -0.2) is 8.78 Å². The minimum absolute atomic E-state index is 0.00367. The van der Waals surface area contributed by atoms with Crippen LogP contribution in [0.3, 0.4) is 0 Å². The number of benzene rings is 2. The minimum Gasteiger partial charge on any atom is -0.378 e. The molecule has 28 heavy (non-hydrogen) atoms. The van der Waals surface area contributed by atoms with Gasteiger partial charge in [-0.1, -0.05) is 36.4 Å². The fourth-order valence-corrected chi connectivity index (χ4v) is 3.56. The normalized spacial score (nSPS) is 19.5. The number of nitrogens with zero attached hydrogens (tertiary/aromatic N) is 1. The molecule has 0 aromatic heterocycles. The Bertz CT molecular complexity index is 798. The SMILES string of the molecule is CN(C)c1ccc(CC(=O)N[C@H]2CNC[C@@H]2c2ccc(C(C)(F)F)cc2)cc1. The molecule has 1 aliphatic heterocycles. The molecule has 1 heterocycles. The van der Waals surface area contributed by atoms with Crippen LogP contribution >= 0.6 is 0 Å². The molecule has 2 N–H and O–H groups in total. The third-order valence-corrected chi connectivity index (χ3v) is 5.22. The second kappa shape index (κ2) is 8.27. The third kappa shape index (κ3) is 4.87. The van der Waals surface area contributed by atoms with E-state index in [0.29, 0.717) is 19.5 Å². The Morgan fingerprint density at radius 1 is 1.11 bits per heavy atom. The van der Waals surface area contributed by atoms with E-state index < -0.39 is 5.92 Å². The summed E-state index contributed by atoms with van der Waals surface area (Å²) >= 11 is 0.